The Balaban J connectivity index is 0.000000442. The van der Waals surface area contributed by atoms with E-state index in [-0.39, 0.29) is 5.91 Å². The second-order valence-electron chi connectivity index (χ2n) is 2.75. The molecule has 84 valence electrons. The molecular weight excluding hydrogens is 188 g/mol. The van der Waals surface area contributed by atoms with E-state index in [1.807, 2.05) is 46.8 Å². The van der Waals surface area contributed by atoms with Crippen molar-refractivity contribution in [3.05, 3.63) is 23.0 Å². The number of carbonyl (C=O) groups is 1. The second kappa shape index (κ2) is 6.17. The van der Waals surface area contributed by atoms with Gasteiger partial charge in [0.2, 0.25) is 0 Å². The Morgan fingerprint density at radius 2 is 1.67 bits per heavy atom. The summed E-state index contributed by atoms with van der Waals surface area (Å²) < 4.78 is 1.44. The number of aromatic nitrogens is 2. The molecule has 0 spiro atoms. The van der Waals surface area contributed by atoms with Crippen molar-refractivity contribution in [1.29, 1.82) is 0 Å². The first-order chi connectivity index (χ1) is 7.18. The monoisotopic (exact) mass is 208 g/mol. The molecule has 3 nitrogen and oxygen atoms in total. The van der Waals surface area contributed by atoms with Crippen molar-refractivity contribution in [2.24, 2.45) is 0 Å². The lowest BCUT2D eigenvalue weighted by Gasteiger charge is -1.91. The summed E-state index contributed by atoms with van der Waals surface area (Å²) in [5.74, 6) is -0.00639. The van der Waals surface area contributed by atoms with Gasteiger partial charge in [0.1, 0.15) is 0 Å². The van der Waals surface area contributed by atoms with Crippen LogP contribution in [-0.4, -0.2) is 15.7 Å². The molecule has 15 heavy (non-hydrogen) atoms. The van der Waals surface area contributed by atoms with Gasteiger partial charge in [-0.3, -0.25) is 4.79 Å². The molecule has 0 N–H and O–H groups in total. The van der Waals surface area contributed by atoms with Crippen molar-refractivity contribution in [1.82, 2.24) is 9.78 Å². The Hall–Kier alpha value is -1.38. The number of aryl methyl sites for hydroxylation is 1. The normalized spacial score (nSPS) is 11.9. The van der Waals surface area contributed by atoms with Crippen LogP contribution in [0.4, 0.5) is 0 Å². The molecule has 0 aromatic carbocycles. The second-order valence-corrected chi connectivity index (χ2v) is 2.75. The van der Waals surface area contributed by atoms with Crippen LogP contribution in [0, 0.1) is 6.92 Å². The molecule has 3 heteroatoms. The van der Waals surface area contributed by atoms with Gasteiger partial charge in [0.25, 0.3) is 5.91 Å². The highest BCUT2D eigenvalue weighted by atomic mass is 16.2. The van der Waals surface area contributed by atoms with Crippen molar-refractivity contribution in [3.8, 4) is 0 Å². The summed E-state index contributed by atoms with van der Waals surface area (Å²) in [4.78, 5) is 11.2. The zero-order valence-electron chi connectivity index (χ0n) is 10.5. The van der Waals surface area contributed by atoms with Gasteiger partial charge in [0, 0.05) is 5.57 Å². The minimum absolute atomic E-state index is 0.00639. The average molecular weight is 208 g/mol. The molecule has 0 unspecified atom stereocenters. The molecule has 0 atom stereocenters. The molecule has 0 amide bonds. The molecule has 0 fully saturated rings. The number of carbonyl (C=O) groups excluding carboxylic acids is 1. The Labute approximate surface area is 91.8 Å². The predicted molar refractivity (Wildman–Crippen MR) is 63.9 cm³/mol. The van der Waals surface area contributed by atoms with Crippen LogP contribution in [0.15, 0.2) is 11.6 Å². The summed E-state index contributed by atoms with van der Waals surface area (Å²) in [6.07, 6.45) is 1.85. The molecule has 0 bridgehead atoms. The van der Waals surface area contributed by atoms with E-state index in [1.165, 1.54) is 4.68 Å². The van der Waals surface area contributed by atoms with Crippen LogP contribution in [0.5, 0.6) is 0 Å². The largest absolute Gasteiger partial charge is 0.274 e. The molecule has 0 aliphatic carbocycles. The van der Waals surface area contributed by atoms with Crippen molar-refractivity contribution >= 4 is 12.0 Å². The summed E-state index contributed by atoms with van der Waals surface area (Å²) >= 11 is 0. The highest BCUT2D eigenvalue weighted by Crippen LogP contribution is 2.17. The standard InChI is InChI=1S/C8H8N2O.2C2H6/c1-5-3-7-4-6(2)9-10(7)8(5)11;2*1-2/h3-4H,1-2H3;2*1-2H3. The average Bonchev–Trinajstić information content (AvgIpc) is 2.74. The minimum atomic E-state index is -0.00639. The maximum absolute atomic E-state index is 11.2. The van der Waals surface area contributed by atoms with E-state index in [0.717, 1.165) is 17.0 Å². The lowest BCUT2D eigenvalue weighted by Crippen LogP contribution is -2.09. The first-order valence-corrected chi connectivity index (χ1v) is 5.48. The van der Waals surface area contributed by atoms with Gasteiger partial charge in [-0.25, -0.2) is 0 Å². The number of fused-ring (bicyclic) bond motifs is 1. The third kappa shape index (κ3) is 2.78. The van der Waals surface area contributed by atoms with Gasteiger partial charge in [0.15, 0.2) is 0 Å². The van der Waals surface area contributed by atoms with Crippen LogP contribution in [-0.2, 0) is 0 Å². The molecule has 0 saturated carbocycles. The molecule has 1 aromatic heterocycles. The highest BCUT2D eigenvalue weighted by Gasteiger charge is 2.19. The Morgan fingerprint density at radius 1 is 1.13 bits per heavy atom. The van der Waals surface area contributed by atoms with Gasteiger partial charge in [-0.2, -0.15) is 9.78 Å². The molecule has 1 aromatic rings. The topological polar surface area (TPSA) is 34.9 Å². The predicted octanol–water partition coefficient (Wildman–Crippen LogP) is 3.30. The van der Waals surface area contributed by atoms with Crippen LogP contribution in [0.3, 0.4) is 0 Å². The summed E-state index contributed by atoms with van der Waals surface area (Å²) in [6.45, 7) is 11.7. The number of nitrogens with zero attached hydrogens (tertiary/aromatic N) is 2. The van der Waals surface area contributed by atoms with Crippen LogP contribution in [0.1, 0.15) is 50.8 Å². The van der Waals surface area contributed by atoms with E-state index in [2.05, 4.69) is 5.10 Å². The highest BCUT2D eigenvalue weighted by molar-refractivity contribution is 6.03. The summed E-state index contributed by atoms with van der Waals surface area (Å²) in [7, 11) is 0. The fraction of sp³-hybridized carbons (Fsp3) is 0.500. The molecule has 1 aliphatic rings. The number of rotatable bonds is 0. The molecule has 2 rings (SSSR count). The van der Waals surface area contributed by atoms with E-state index in [4.69, 9.17) is 0 Å². The maximum Gasteiger partial charge on any atom is 0.274 e. The summed E-state index contributed by atoms with van der Waals surface area (Å²) in [5.41, 5.74) is 2.54. The number of hydrogen-bond donors (Lipinski definition) is 0. The summed E-state index contributed by atoms with van der Waals surface area (Å²) in [5, 5.41) is 4.04. The lowest BCUT2D eigenvalue weighted by molar-refractivity contribution is 0.0946. The lowest BCUT2D eigenvalue weighted by atomic mass is 10.3. The zero-order chi connectivity index (χ0) is 12.0. The third-order valence-electron chi connectivity index (χ3n) is 1.75. The molecular formula is C12H20N2O. The van der Waals surface area contributed by atoms with E-state index in [0.29, 0.717) is 0 Å². The van der Waals surface area contributed by atoms with Gasteiger partial charge in [0.05, 0.1) is 11.4 Å². The molecule has 0 radical (unpaired) electrons. The fourth-order valence-electron chi connectivity index (χ4n) is 1.24. The Morgan fingerprint density at radius 3 is 2.13 bits per heavy atom. The minimum Gasteiger partial charge on any atom is -0.267 e. The van der Waals surface area contributed by atoms with E-state index >= 15 is 0 Å². The van der Waals surface area contributed by atoms with Crippen LogP contribution in [0.25, 0.3) is 6.08 Å². The number of hydrogen-bond acceptors (Lipinski definition) is 2. The zero-order valence-corrected chi connectivity index (χ0v) is 10.5. The van der Waals surface area contributed by atoms with E-state index in [9.17, 15) is 4.79 Å². The summed E-state index contributed by atoms with van der Waals surface area (Å²) in [6, 6.07) is 1.90. The van der Waals surface area contributed by atoms with Gasteiger partial charge < -0.3 is 0 Å². The first-order valence-electron chi connectivity index (χ1n) is 5.48. The molecule has 2 heterocycles. The first kappa shape index (κ1) is 13.6. The van der Waals surface area contributed by atoms with Crippen LogP contribution < -0.4 is 0 Å². The van der Waals surface area contributed by atoms with Crippen molar-refractivity contribution < 1.29 is 4.79 Å². The fourth-order valence-corrected chi connectivity index (χ4v) is 1.24. The smallest absolute Gasteiger partial charge is 0.267 e. The van der Waals surface area contributed by atoms with E-state index < -0.39 is 0 Å². The molecule has 1 aliphatic heterocycles. The molecule has 0 saturated heterocycles. The van der Waals surface area contributed by atoms with Gasteiger partial charge in [-0.05, 0) is 26.0 Å². The van der Waals surface area contributed by atoms with Crippen LogP contribution >= 0.6 is 0 Å². The van der Waals surface area contributed by atoms with Gasteiger partial charge >= 0.3 is 0 Å². The SMILES string of the molecule is CC.CC.CC1=Cc2cc(C)nn2C1=O. The Kier molecular flexibility index (Phi) is 5.60. The van der Waals surface area contributed by atoms with E-state index in [1.54, 1.807) is 6.92 Å². The third-order valence-corrected chi connectivity index (χ3v) is 1.75. The Bertz CT molecular complexity index is 362. The maximum atomic E-state index is 11.2. The van der Waals surface area contributed by atoms with Gasteiger partial charge in [-0.15, -0.1) is 0 Å². The number of allylic oxidation sites excluding steroid dienone is 1. The van der Waals surface area contributed by atoms with Crippen molar-refractivity contribution in [2.45, 2.75) is 41.5 Å². The van der Waals surface area contributed by atoms with Crippen LogP contribution in [0.2, 0.25) is 0 Å². The van der Waals surface area contributed by atoms with Gasteiger partial charge in [-0.1, -0.05) is 27.7 Å². The van der Waals surface area contributed by atoms with Crippen molar-refractivity contribution in [2.75, 3.05) is 0 Å². The van der Waals surface area contributed by atoms with Crippen molar-refractivity contribution in [3.63, 3.8) is 0 Å². The quantitative estimate of drug-likeness (QED) is 0.655.